The summed E-state index contributed by atoms with van der Waals surface area (Å²) in [6.07, 6.45) is 0.0168. The number of aliphatic carboxylic acids is 1. The van der Waals surface area contributed by atoms with Gasteiger partial charge in [-0.15, -0.1) is 0 Å². The van der Waals surface area contributed by atoms with E-state index < -0.39 is 18.1 Å². The highest BCUT2D eigenvalue weighted by molar-refractivity contribution is 5.76. The number of rotatable bonds is 5. The molecule has 0 radical (unpaired) electrons. The molecule has 1 atom stereocenters. The Labute approximate surface area is 104 Å². The number of urea groups is 1. The van der Waals surface area contributed by atoms with Crippen molar-refractivity contribution in [2.45, 2.75) is 19.6 Å². The van der Waals surface area contributed by atoms with Gasteiger partial charge in [0.05, 0.1) is 18.8 Å². The molecule has 1 aromatic heterocycles. The molecular formula is C11H15N3O4. The van der Waals surface area contributed by atoms with E-state index in [0.717, 1.165) is 11.3 Å². The minimum atomic E-state index is -1.60. The molecule has 18 heavy (non-hydrogen) atoms. The molecule has 4 N–H and O–H groups in total. The summed E-state index contributed by atoms with van der Waals surface area (Å²) in [6, 6.07) is 3.11. The quantitative estimate of drug-likeness (QED) is 0.572. The third kappa shape index (κ3) is 4.38. The van der Waals surface area contributed by atoms with Gasteiger partial charge in [0.25, 0.3) is 0 Å². The van der Waals surface area contributed by atoms with Gasteiger partial charge in [0.15, 0.2) is 6.10 Å². The minimum absolute atomic E-state index is 0.238. The van der Waals surface area contributed by atoms with Gasteiger partial charge in [-0.25, -0.2) is 9.59 Å². The molecule has 0 saturated heterocycles. The zero-order valence-corrected chi connectivity index (χ0v) is 9.88. The Morgan fingerprint density at radius 3 is 2.78 bits per heavy atom. The highest BCUT2D eigenvalue weighted by Gasteiger charge is 2.13. The van der Waals surface area contributed by atoms with Crippen LogP contribution in [0, 0.1) is 6.92 Å². The molecule has 0 aromatic carbocycles. The summed E-state index contributed by atoms with van der Waals surface area (Å²) in [5, 5.41) is 22.1. The smallest absolute Gasteiger partial charge is 0.334 e. The Kier molecular flexibility index (Phi) is 5.06. The third-order valence-electron chi connectivity index (χ3n) is 2.28. The summed E-state index contributed by atoms with van der Waals surface area (Å²) >= 11 is 0. The molecule has 0 aliphatic heterocycles. The molecule has 7 heteroatoms. The van der Waals surface area contributed by atoms with Crippen molar-refractivity contribution in [1.82, 2.24) is 15.6 Å². The summed E-state index contributed by atoms with van der Waals surface area (Å²) in [4.78, 5) is 25.7. The fourth-order valence-electron chi connectivity index (χ4n) is 1.21. The van der Waals surface area contributed by atoms with Crippen LogP contribution >= 0.6 is 0 Å². The first kappa shape index (κ1) is 13.9. The number of hydrogen-bond donors (Lipinski definition) is 4. The molecule has 1 heterocycles. The Balaban J connectivity index is 2.34. The first-order valence-electron chi connectivity index (χ1n) is 5.33. The standard InChI is InChI=1S/C11H15N3O4/c1-7-3-2-4-12-8(7)5-13-11(18)14-6-9(15)10(16)17/h2-4,9,15H,5-6H2,1H3,(H,16,17)(H2,13,14,18)/t9-/m0/s1. The lowest BCUT2D eigenvalue weighted by Crippen LogP contribution is -2.41. The highest BCUT2D eigenvalue weighted by Crippen LogP contribution is 2.01. The molecular weight excluding hydrogens is 238 g/mol. The maximum absolute atomic E-state index is 11.3. The molecule has 0 aliphatic rings. The Bertz CT molecular complexity index is 436. The zero-order chi connectivity index (χ0) is 13.5. The van der Waals surface area contributed by atoms with E-state index in [-0.39, 0.29) is 13.1 Å². The average Bonchev–Trinajstić information content (AvgIpc) is 2.34. The number of pyridine rings is 1. The van der Waals surface area contributed by atoms with Gasteiger partial charge in [-0.05, 0) is 18.6 Å². The van der Waals surface area contributed by atoms with Crippen LogP contribution in [0.1, 0.15) is 11.3 Å². The van der Waals surface area contributed by atoms with Crippen LogP contribution in [0.25, 0.3) is 0 Å². The number of aliphatic hydroxyl groups is 1. The second-order valence-electron chi connectivity index (χ2n) is 3.68. The Hall–Kier alpha value is -2.15. The lowest BCUT2D eigenvalue weighted by molar-refractivity contribution is -0.146. The number of nitrogens with one attached hydrogen (secondary N) is 2. The SMILES string of the molecule is Cc1cccnc1CNC(=O)NC[C@H](O)C(=O)O. The first-order chi connectivity index (χ1) is 8.50. The van der Waals surface area contributed by atoms with Crippen LogP contribution in [0.15, 0.2) is 18.3 Å². The molecule has 1 aromatic rings. The summed E-state index contributed by atoms with van der Waals surface area (Å²) < 4.78 is 0. The van der Waals surface area contributed by atoms with E-state index in [4.69, 9.17) is 10.2 Å². The van der Waals surface area contributed by atoms with E-state index in [2.05, 4.69) is 15.6 Å². The van der Waals surface area contributed by atoms with E-state index >= 15 is 0 Å². The van der Waals surface area contributed by atoms with Crippen LogP contribution in [0.4, 0.5) is 4.79 Å². The minimum Gasteiger partial charge on any atom is -0.479 e. The zero-order valence-electron chi connectivity index (χ0n) is 9.88. The van der Waals surface area contributed by atoms with Crippen LogP contribution in [0.5, 0.6) is 0 Å². The van der Waals surface area contributed by atoms with Gasteiger partial charge < -0.3 is 20.8 Å². The fourth-order valence-corrected chi connectivity index (χ4v) is 1.21. The fraction of sp³-hybridized carbons (Fsp3) is 0.364. The van der Waals surface area contributed by atoms with Crippen LogP contribution in [0.2, 0.25) is 0 Å². The van der Waals surface area contributed by atoms with Crippen LogP contribution in [-0.4, -0.2) is 39.8 Å². The largest absolute Gasteiger partial charge is 0.479 e. The molecule has 0 spiro atoms. The number of aliphatic hydroxyl groups excluding tert-OH is 1. The Morgan fingerprint density at radius 2 is 2.17 bits per heavy atom. The summed E-state index contributed by atoms with van der Waals surface area (Å²) in [5.74, 6) is -1.38. The number of aromatic nitrogens is 1. The predicted octanol–water partition coefficient (Wildman–Crippen LogP) is -0.365. The van der Waals surface area contributed by atoms with Gasteiger partial charge in [-0.2, -0.15) is 0 Å². The van der Waals surface area contributed by atoms with Crippen molar-refractivity contribution < 1.29 is 19.8 Å². The normalized spacial score (nSPS) is 11.7. The van der Waals surface area contributed by atoms with Crippen molar-refractivity contribution in [2.75, 3.05) is 6.54 Å². The molecule has 0 aliphatic carbocycles. The topological polar surface area (TPSA) is 112 Å². The molecule has 98 valence electrons. The number of hydrogen-bond acceptors (Lipinski definition) is 4. The third-order valence-corrected chi connectivity index (χ3v) is 2.28. The summed E-state index contributed by atoms with van der Waals surface area (Å²) in [6.45, 7) is 1.76. The Morgan fingerprint density at radius 1 is 1.44 bits per heavy atom. The number of carboxylic acids is 1. The van der Waals surface area contributed by atoms with Crippen molar-refractivity contribution in [1.29, 1.82) is 0 Å². The molecule has 1 rings (SSSR count). The van der Waals surface area contributed by atoms with E-state index in [0.29, 0.717) is 0 Å². The lowest BCUT2D eigenvalue weighted by Gasteiger charge is -2.10. The number of carbonyl (C=O) groups excluding carboxylic acids is 1. The van der Waals surface area contributed by atoms with Crippen molar-refractivity contribution in [3.8, 4) is 0 Å². The highest BCUT2D eigenvalue weighted by atomic mass is 16.4. The van der Waals surface area contributed by atoms with E-state index in [1.54, 1.807) is 12.3 Å². The van der Waals surface area contributed by atoms with E-state index in [9.17, 15) is 9.59 Å². The second-order valence-corrected chi connectivity index (χ2v) is 3.68. The van der Waals surface area contributed by atoms with Crippen molar-refractivity contribution in [3.63, 3.8) is 0 Å². The van der Waals surface area contributed by atoms with E-state index in [1.165, 1.54) is 0 Å². The van der Waals surface area contributed by atoms with Gasteiger partial charge in [0.2, 0.25) is 0 Å². The lowest BCUT2D eigenvalue weighted by atomic mass is 10.2. The molecule has 0 unspecified atom stereocenters. The number of amides is 2. The second kappa shape index (κ2) is 6.55. The molecule has 0 bridgehead atoms. The van der Waals surface area contributed by atoms with Crippen molar-refractivity contribution in [3.05, 3.63) is 29.6 Å². The van der Waals surface area contributed by atoms with Crippen LogP contribution in [-0.2, 0) is 11.3 Å². The van der Waals surface area contributed by atoms with Gasteiger partial charge in [0.1, 0.15) is 0 Å². The number of nitrogens with zero attached hydrogens (tertiary/aromatic N) is 1. The molecule has 0 fully saturated rings. The maximum Gasteiger partial charge on any atom is 0.334 e. The average molecular weight is 253 g/mol. The predicted molar refractivity (Wildman–Crippen MR) is 62.9 cm³/mol. The first-order valence-corrected chi connectivity index (χ1v) is 5.33. The van der Waals surface area contributed by atoms with Crippen LogP contribution < -0.4 is 10.6 Å². The van der Waals surface area contributed by atoms with Gasteiger partial charge in [-0.1, -0.05) is 6.07 Å². The van der Waals surface area contributed by atoms with Gasteiger partial charge in [-0.3, -0.25) is 4.98 Å². The molecule has 0 saturated carbocycles. The molecule has 7 nitrogen and oxygen atoms in total. The summed E-state index contributed by atoms with van der Waals surface area (Å²) in [5.41, 5.74) is 1.68. The monoisotopic (exact) mass is 253 g/mol. The molecule has 2 amide bonds. The van der Waals surface area contributed by atoms with E-state index in [1.807, 2.05) is 13.0 Å². The number of carboxylic acid groups (broad SMARTS) is 1. The summed E-state index contributed by atoms with van der Waals surface area (Å²) in [7, 11) is 0. The van der Waals surface area contributed by atoms with Gasteiger partial charge >= 0.3 is 12.0 Å². The number of carbonyl (C=O) groups is 2. The van der Waals surface area contributed by atoms with Crippen molar-refractivity contribution >= 4 is 12.0 Å². The number of aryl methyl sites for hydroxylation is 1. The van der Waals surface area contributed by atoms with Crippen molar-refractivity contribution in [2.24, 2.45) is 0 Å². The van der Waals surface area contributed by atoms with Gasteiger partial charge in [0, 0.05) is 6.20 Å². The maximum atomic E-state index is 11.3. The van der Waals surface area contributed by atoms with Crippen LogP contribution in [0.3, 0.4) is 0 Å².